The topological polar surface area (TPSA) is 63.6 Å². The van der Waals surface area contributed by atoms with Crippen molar-refractivity contribution in [3.05, 3.63) is 11.6 Å². The van der Waals surface area contributed by atoms with Gasteiger partial charge in [-0.2, -0.15) is 0 Å². The van der Waals surface area contributed by atoms with Crippen LogP contribution >= 0.6 is 0 Å². The van der Waals surface area contributed by atoms with E-state index in [4.69, 9.17) is 4.74 Å². The highest BCUT2D eigenvalue weighted by molar-refractivity contribution is 5.92. The van der Waals surface area contributed by atoms with E-state index in [1.807, 2.05) is 6.08 Å². The Morgan fingerprint density at radius 2 is 1.89 bits per heavy atom. The number of ether oxygens (including phenoxy) is 1. The average Bonchev–Trinajstić information content (AvgIpc) is 3.53. The zero-order valence-corrected chi connectivity index (χ0v) is 16.8. The first-order valence-electron chi connectivity index (χ1n) is 11.4. The molecule has 28 heavy (non-hydrogen) atoms. The maximum Gasteiger partial charge on any atom is 0.306 e. The Balaban J connectivity index is 1.36. The molecular weight excluding hydrogens is 352 g/mol. The van der Waals surface area contributed by atoms with Crippen molar-refractivity contribution >= 4 is 11.8 Å². The molecular formula is C24H30O4. The summed E-state index contributed by atoms with van der Waals surface area (Å²) < 4.78 is 6.15. The Kier molecular flexibility index (Phi) is 2.73. The molecule has 1 aliphatic heterocycles. The molecule has 0 radical (unpaired) electrons. The third kappa shape index (κ3) is 1.60. The van der Waals surface area contributed by atoms with Gasteiger partial charge in [0.2, 0.25) is 0 Å². The summed E-state index contributed by atoms with van der Waals surface area (Å²) in [5, 5.41) is 11.6. The standard InChI is InChI=1S/C24H30O4/c1-22-5-3-11(25)7-15(22)12-8-13(12)19-20-14-9-16(14)24(6-4-18(27)28-24)23(20,2)10-17(26)21(19)22/h7,12-14,16-17,19-21,26H,3-6,8-10H2,1-2H3/t12?,13?,14?,16?,17-,19?,20?,21?,22?,23?,24+/m1/s1. The normalized spacial score (nSPS) is 62.9. The molecule has 1 N–H and O–H groups in total. The fourth-order valence-electron chi connectivity index (χ4n) is 9.85. The molecule has 11 atom stereocenters. The van der Waals surface area contributed by atoms with E-state index in [2.05, 4.69) is 13.8 Å². The molecule has 6 fully saturated rings. The van der Waals surface area contributed by atoms with Gasteiger partial charge in [-0.15, -0.1) is 0 Å². The van der Waals surface area contributed by atoms with Gasteiger partial charge in [0.1, 0.15) is 5.60 Å². The van der Waals surface area contributed by atoms with Crippen molar-refractivity contribution in [1.29, 1.82) is 0 Å². The van der Waals surface area contributed by atoms with Gasteiger partial charge in [-0.1, -0.05) is 19.4 Å². The molecule has 6 aliphatic carbocycles. The Labute approximate surface area is 166 Å². The molecule has 5 saturated carbocycles. The maximum atomic E-state index is 12.2. The van der Waals surface area contributed by atoms with Gasteiger partial charge in [-0.3, -0.25) is 9.59 Å². The minimum absolute atomic E-state index is 0.0243. The van der Waals surface area contributed by atoms with E-state index >= 15 is 0 Å². The Hall–Kier alpha value is -1.16. The summed E-state index contributed by atoms with van der Waals surface area (Å²) in [6.45, 7) is 4.69. The van der Waals surface area contributed by atoms with Crippen LogP contribution in [0.1, 0.15) is 58.8 Å². The first kappa shape index (κ1) is 16.6. The van der Waals surface area contributed by atoms with Crippen LogP contribution in [0.4, 0.5) is 0 Å². The van der Waals surface area contributed by atoms with E-state index in [1.165, 1.54) is 18.4 Å². The zero-order chi connectivity index (χ0) is 19.2. The summed E-state index contributed by atoms with van der Waals surface area (Å²) in [5.41, 5.74) is 0.950. The molecule has 150 valence electrons. The highest BCUT2D eigenvalue weighted by Crippen LogP contribution is 2.82. The largest absolute Gasteiger partial charge is 0.458 e. The monoisotopic (exact) mass is 382 g/mol. The molecule has 9 unspecified atom stereocenters. The van der Waals surface area contributed by atoms with E-state index in [-0.39, 0.29) is 40.2 Å². The van der Waals surface area contributed by atoms with Crippen molar-refractivity contribution in [3.63, 3.8) is 0 Å². The summed E-state index contributed by atoms with van der Waals surface area (Å²) in [7, 11) is 0. The Bertz CT molecular complexity index is 861. The summed E-state index contributed by atoms with van der Waals surface area (Å²) in [6.07, 6.45) is 7.70. The Morgan fingerprint density at radius 3 is 2.64 bits per heavy atom. The quantitative estimate of drug-likeness (QED) is 0.653. The predicted molar refractivity (Wildman–Crippen MR) is 101 cm³/mol. The number of fused-ring (bicyclic) bond motifs is 12. The summed E-state index contributed by atoms with van der Waals surface area (Å²) in [6, 6.07) is 0. The van der Waals surface area contributed by atoms with Crippen molar-refractivity contribution in [3.8, 4) is 0 Å². The van der Waals surface area contributed by atoms with E-state index < -0.39 is 0 Å². The molecule has 0 bridgehead atoms. The van der Waals surface area contributed by atoms with E-state index in [1.54, 1.807) is 0 Å². The maximum absolute atomic E-state index is 12.2. The predicted octanol–water partition coefficient (Wildman–Crippen LogP) is 3.28. The highest BCUT2D eigenvalue weighted by Gasteiger charge is 2.82. The third-order valence-electron chi connectivity index (χ3n) is 10.8. The average molecular weight is 383 g/mol. The van der Waals surface area contributed by atoms with Crippen LogP contribution in [0.25, 0.3) is 0 Å². The fourth-order valence-corrected chi connectivity index (χ4v) is 9.85. The molecule has 0 aromatic carbocycles. The van der Waals surface area contributed by atoms with Crippen LogP contribution in [-0.2, 0) is 14.3 Å². The molecule has 1 spiro atoms. The number of aliphatic hydroxyl groups is 1. The van der Waals surface area contributed by atoms with Crippen LogP contribution < -0.4 is 0 Å². The molecule has 1 saturated heterocycles. The molecule has 4 heteroatoms. The Morgan fingerprint density at radius 1 is 1.07 bits per heavy atom. The second kappa shape index (κ2) is 4.61. The number of hydrogen-bond acceptors (Lipinski definition) is 4. The minimum Gasteiger partial charge on any atom is -0.458 e. The zero-order valence-electron chi connectivity index (χ0n) is 16.8. The van der Waals surface area contributed by atoms with Gasteiger partial charge >= 0.3 is 5.97 Å². The van der Waals surface area contributed by atoms with Crippen molar-refractivity contribution < 1.29 is 19.4 Å². The third-order valence-corrected chi connectivity index (χ3v) is 10.8. The van der Waals surface area contributed by atoms with Crippen LogP contribution in [-0.4, -0.2) is 28.6 Å². The highest BCUT2D eigenvalue weighted by atomic mass is 16.6. The lowest BCUT2D eigenvalue weighted by molar-refractivity contribution is -0.197. The smallest absolute Gasteiger partial charge is 0.306 e. The second-order valence-electron chi connectivity index (χ2n) is 11.7. The van der Waals surface area contributed by atoms with Gasteiger partial charge in [-0.25, -0.2) is 0 Å². The number of hydrogen-bond donors (Lipinski definition) is 1. The van der Waals surface area contributed by atoms with Crippen molar-refractivity contribution in [2.24, 2.45) is 52.3 Å². The van der Waals surface area contributed by atoms with Gasteiger partial charge in [-0.05, 0) is 79.1 Å². The van der Waals surface area contributed by atoms with E-state index in [0.29, 0.717) is 48.3 Å². The van der Waals surface area contributed by atoms with Crippen LogP contribution in [0, 0.1) is 52.3 Å². The summed E-state index contributed by atoms with van der Waals surface area (Å²) in [5.74, 6) is 4.01. The van der Waals surface area contributed by atoms with Crippen molar-refractivity contribution in [2.75, 3.05) is 0 Å². The number of rotatable bonds is 0. The molecule has 7 rings (SSSR count). The number of ketones is 1. The van der Waals surface area contributed by atoms with Crippen LogP contribution in [0.3, 0.4) is 0 Å². The van der Waals surface area contributed by atoms with Crippen LogP contribution in [0.15, 0.2) is 11.6 Å². The van der Waals surface area contributed by atoms with Crippen LogP contribution in [0.2, 0.25) is 0 Å². The van der Waals surface area contributed by atoms with E-state index in [0.717, 1.165) is 19.3 Å². The lowest BCUT2D eigenvalue weighted by Crippen LogP contribution is -2.62. The number of aliphatic hydroxyl groups excluding tert-OH is 1. The first-order chi connectivity index (χ1) is 13.3. The second-order valence-corrected chi connectivity index (χ2v) is 11.7. The summed E-state index contributed by atoms with van der Waals surface area (Å²) >= 11 is 0. The minimum atomic E-state index is -0.358. The SMILES string of the molecule is CC12CCC(=O)C=C1C1CC1C1C2[C@H](O)CC2(C)C1C1CC1[C@@]21CCC(=O)O1. The number of carbonyl (C=O) groups excluding carboxylic acids is 2. The summed E-state index contributed by atoms with van der Waals surface area (Å²) in [4.78, 5) is 24.3. The van der Waals surface area contributed by atoms with Gasteiger partial charge in [0, 0.05) is 24.2 Å². The molecule has 1 heterocycles. The lowest BCUT2D eigenvalue weighted by Gasteiger charge is -2.61. The van der Waals surface area contributed by atoms with Crippen molar-refractivity contribution in [1.82, 2.24) is 0 Å². The van der Waals surface area contributed by atoms with Gasteiger partial charge < -0.3 is 9.84 Å². The molecule has 0 amide bonds. The van der Waals surface area contributed by atoms with Crippen LogP contribution in [0.5, 0.6) is 0 Å². The molecule has 7 aliphatic rings. The molecule has 0 aromatic rings. The molecule has 0 aromatic heterocycles. The van der Waals surface area contributed by atoms with Gasteiger partial charge in [0.05, 0.1) is 6.10 Å². The lowest BCUT2D eigenvalue weighted by atomic mass is 9.44. The number of carbonyl (C=O) groups is 2. The number of esters is 1. The van der Waals surface area contributed by atoms with Crippen molar-refractivity contribution in [2.45, 2.75) is 70.5 Å². The molecule has 4 nitrogen and oxygen atoms in total. The number of allylic oxidation sites excluding steroid dienone is 1. The van der Waals surface area contributed by atoms with Gasteiger partial charge in [0.25, 0.3) is 0 Å². The fraction of sp³-hybridized carbons (Fsp3) is 0.833. The first-order valence-corrected chi connectivity index (χ1v) is 11.4. The van der Waals surface area contributed by atoms with E-state index in [9.17, 15) is 14.7 Å². The van der Waals surface area contributed by atoms with Gasteiger partial charge in [0.15, 0.2) is 5.78 Å².